The molecule has 4 aliphatic heterocycles. The molecule has 1 atom stereocenters. The minimum Gasteiger partial charge on any atom is -0.311 e. The highest BCUT2D eigenvalue weighted by Crippen LogP contribution is 2.54. The second kappa shape index (κ2) is 27.6. The lowest BCUT2D eigenvalue weighted by molar-refractivity contribution is 0.852. The molecule has 0 N–H and O–H groups in total. The van der Waals surface area contributed by atoms with Gasteiger partial charge in [0.1, 0.15) is 0 Å². The smallest absolute Gasteiger partial charge is 0.252 e. The van der Waals surface area contributed by atoms with Crippen LogP contribution in [0.4, 0.5) is 85.3 Å². The fourth-order valence-corrected chi connectivity index (χ4v) is 19.4. The predicted molar refractivity (Wildman–Crippen MR) is 472 cm³/mol. The molecule has 522 valence electrons. The van der Waals surface area contributed by atoms with Crippen LogP contribution in [-0.4, -0.2) is 13.4 Å². The molecule has 1 unspecified atom stereocenters. The molecule has 8 heteroatoms. The number of anilines is 15. The van der Waals surface area contributed by atoms with Crippen LogP contribution in [0.15, 0.2) is 416 Å². The Hall–Kier alpha value is -13.5. The van der Waals surface area contributed by atoms with Crippen LogP contribution in [0, 0.1) is 6.92 Å². The van der Waals surface area contributed by atoms with Crippen LogP contribution in [0.25, 0.3) is 44.5 Å². The first kappa shape index (κ1) is 65.7. The third-order valence-corrected chi connectivity index (χ3v) is 24.2. The number of nitrogens with zero attached hydrogens (tertiary/aromatic N) is 5. The zero-order valence-corrected chi connectivity index (χ0v) is 62.1. The maximum atomic E-state index is 2.69. The molecular formula is C103H73B2N5S. The first-order chi connectivity index (χ1) is 55.0. The maximum absolute atomic E-state index is 2.69. The van der Waals surface area contributed by atoms with E-state index in [0.717, 1.165) is 108 Å². The minimum atomic E-state index is -0.208. The Balaban J connectivity index is 0.846. The number of fused-ring (bicyclic) bond motifs is 8. The molecular weight excluding hydrogens is 1360 g/mol. The van der Waals surface area contributed by atoms with E-state index < -0.39 is 0 Å². The average Bonchev–Trinajstić information content (AvgIpc) is 0.684. The maximum Gasteiger partial charge on any atom is 0.252 e. The van der Waals surface area contributed by atoms with E-state index in [0.29, 0.717) is 0 Å². The van der Waals surface area contributed by atoms with Crippen molar-refractivity contribution in [3.8, 4) is 44.5 Å². The van der Waals surface area contributed by atoms with Gasteiger partial charge in [0.2, 0.25) is 6.71 Å². The minimum absolute atomic E-state index is 0.145. The summed E-state index contributed by atoms with van der Waals surface area (Å²) in [7, 11) is 0. The molecule has 1 aliphatic carbocycles. The summed E-state index contributed by atoms with van der Waals surface area (Å²) < 4.78 is 0. The van der Waals surface area contributed by atoms with Gasteiger partial charge in [0, 0.05) is 95.1 Å². The fourth-order valence-electron chi connectivity index (χ4n) is 18.2. The van der Waals surface area contributed by atoms with Crippen molar-refractivity contribution >= 4 is 143 Å². The van der Waals surface area contributed by atoms with Crippen molar-refractivity contribution in [2.45, 2.75) is 29.1 Å². The number of rotatable bonds is 14. The van der Waals surface area contributed by atoms with Gasteiger partial charge in [-0.05, 0) is 188 Å². The van der Waals surface area contributed by atoms with E-state index in [-0.39, 0.29) is 19.3 Å². The Labute approximate surface area is 654 Å². The van der Waals surface area contributed by atoms with Gasteiger partial charge in [0.15, 0.2) is 0 Å². The summed E-state index contributed by atoms with van der Waals surface area (Å²) in [6, 6.07) is 143. The highest BCUT2D eigenvalue weighted by atomic mass is 32.2. The van der Waals surface area contributed by atoms with Gasteiger partial charge in [0.05, 0.1) is 17.1 Å². The summed E-state index contributed by atoms with van der Waals surface area (Å²) in [4.78, 5) is 15.3. The highest BCUT2D eigenvalue weighted by Gasteiger charge is 2.48. The summed E-state index contributed by atoms with van der Waals surface area (Å²) in [5.41, 5.74) is 36.1. The van der Waals surface area contributed by atoms with Crippen molar-refractivity contribution in [3.63, 3.8) is 0 Å². The molecule has 0 aromatic heterocycles. The van der Waals surface area contributed by atoms with Gasteiger partial charge < -0.3 is 24.5 Å². The lowest BCUT2D eigenvalue weighted by Crippen LogP contribution is -2.64. The summed E-state index contributed by atoms with van der Waals surface area (Å²) in [6.45, 7) is 1.96. The van der Waals surface area contributed by atoms with Gasteiger partial charge in [-0.15, -0.1) is 0 Å². The van der Waals surface area contributed by atoms with Crippen molar-refractivity contribution in [1.82, 2.24) is 0 Å². The van der Waals surface area contributed by atoms with E-state index in [1.165, 1.54) is 81.8 Å². The first-order valence-corrected chi connectivity index (χ1v) is 39.4. The van der Waals surface area contributed by atoms with Crippen LogP contribution in [0.3, 0.4) is 0 Å². The summed E-state index contributed by atoms with van der Waals surface area (Å²) in [6.07, 6.45) is 10.0. The number of para-hydroxylation sites is 7. The Kier molecular flexibility index (Phi) is 16.4. The molecule has 4 heterocycles. The molecule has 0 saturated heterocycles. The number of benzene rings is 16. The molecule has 16 aromatic rings. The molecule has 16 aromatic carbocycles. The SMILES string of the molecule is Cc1cccc(-c2ccccc2)c1N1c2cc3c(cc2B2c4ccccc4N(c4ccccc4)c4cc(N(c5ccc(-c6ccccc6)cc5)c5ccccc5-c5ccccc5)cc1c42)B1c2ccccc2N(c2ccccc2)c2cc(N(c4ccc(-c5ccccc5)cc4)c4ccccc4C4C=CC=CC4)cc(c21)S3. The van der Waals surface area contributed by atoms with Crippen LogP contribution in [0.2, 0.25) is 0 Å². The van der Waals surface area contributed by atoms with Crippen LogP contribution in [0.5, 0.6) is 0 Å². The zero-order chi connectivity index (χ0) is 73.5. The van der Waals surface area contributed by atoms with Crippen molar-refractivity contribution in [2.24, 2.45) is 0 Å². The fraction of sp³-hybridized carbons (Fsp3) is 0.0291. The zero-order valence-electron chi connectivity index (χ0n) is 61.3. The van der Waals surface area contributed by atoms with Gasteiger partial charge in [0.25, 0.3) is 6.71 Å². The predicted octanol–water partition coefficient (Wildman–Crippen LogP) is 24.0. The Morgan fingerprint density at radius 1 is 0.306 bits per heavy atom. The third kappa shape index (κ3) is 11.3. The molecule has 21 rings (SSSR count). The molecule has 5 aliphatic rings. The molecule has 0 spiro atoms. The lowest BCUT2D eigenvalue weighted by Gasteiger charge is -2.46. The third-order valence-electron chi connectivity index (χ3n) is 23.1. The number of hydrogen-bond acceptors (Lipinski definition) is 6. The molecule has 0 bridgehead atoms. The Morgan fingerprint density at radius 3 is 1.33 bits per heavy atom. The highest BCUT2D eigenvalue weighted by molar-refractivity contribution is 8.00. The number of hydrogen-bond donors (Lipinski definition) is 0. The van der Waals surface area contributed by atoms with Crippen molar-refractivity contribution < 1.29 is 0 Å². The second-order valence-corrected chi connectivity index (χ2v) is 30.5. The molecule has 5 nitrogen and oxygen atoms in total. The lowest BCUT2D eigenvalue weighted by atomic mass is 9.31. The van der Waals surface area contributed by atoms with Crippen molar-refractivity contribution in [1.29, 1.82) is 0 Å². The van der Waals surface area contributed by atoms with E-state index in [1.807, 2.05) is 11.8 Å². The summed E-state index contributed by atoms with van der Waals surface area (Å²) >= 11 is 1.93. The van der Waals surface area contributed by atoms with E-state index >= 15 is 0 Å². The standard InChI is InChI=1S/C103H73B2N5S/c1-70-32-31-49-86(77-41-17-6-18-42-77)103(70)110-95-69-99-90(105-88-51-26-30-55-94(88)109(79-45-21-8-22-46-79)98-66-83(67-100(111-99)102(98)105)107(81-62-58-74(59-63-81)72-35-11-3-12-36-72)92-53-28-24-48-85(92)76-39-15-5-16-40-76)68-89(95)104-87-50-25-29-54-93(87)108(78-43-19-7-20-44-78)96-64-82(65-97(110)101(96)104)106(80-60-56-73(57-61-80)71-33-9-2-10-34-71)91-52-27-23-47-84(91)75-37-13-4-14-38-75/h2-39,41-69,76H,40H2,1H3. The molecule has 111 heavy (non-hydrogen) atoms. The monoisotopic (exact) mass is 1430 g/mol. The Bertz CT molecular complexity index is 6320. The quantitative estimate of drug-likeness (QED) is 0.100. The van der Waals surface area contributed by atoms with Crippen molar-refractivity contribution in [3.05, 3.63) is 418 Å². The molecule has 0 fully saturated rings. The van der Waals surface area contributed by atoms with E-state index in [1.54, 1.807) is 0 Å². The van der Waals surface area contributed by atoms with Crippen molar-refractivity contribution in [2.75, 3.05) is 24.5 Å². The molecule has 0 saturated carbocycles. The van der Waals surface area contributed by atoms with Gasteiger partial charge in [-0.2, -0.15) is 0 Å². The average molecular weight is 1430 g/mol. The first-order valence-electron chi connectivity index (χ1n) is 38.6. The molecule has 0 amide bonds. The Morgan fingerprint density at radius 2 is 0.757 bits per heavy atom. The van der Waals surface area contributed by atoms with Gasteiger partial charge in [-0.25, -0.2) is 0 Å². The summed E-state index contributed by atoms with van der Waals surface area (Å²) in [5, 5.41) is 0. The van der Waals surface area contributed by atoms with Crippen LogP contribution in [0.1, 0.15) is 23.5 Å². The van der Waals surface area contributed by atoms with Gasteiger partial charge in [-0.3, -0.25) is 0 Å². The van der Waals surface area contributed by atoms with Gasteiger partial charge in [-0.1, -0.05) is 321 Å². The normalized spacial score (nSPS) is 13.8. The van der Waals surface area contributed by atoms with E-state index in [9.17, 15) is 0 Å². The largest absolute Gasteiger partial charge is 0.311 e. The van der Waals surface area contributed by atoms with E-state index in [4.69, 9.17) is 0 Å². The number of allylic oxidation sites excluding steroid dienone is 4. The van der Waals surface area contributed by atoms with E-state index in [2.05, 4.69) is 438 Å². The number of aryl methyl sites for hydroxylation is 1. The van der Waals surface area contributed by atoms with Crippen LogP contribution < -0.4 is 57.3 Å². The van der Waals surface area contributed by atoms with Crippen LogP contribution >= 0.6 is 11.8 Å². The van der Waals surface area contributed by atoms with Gasteiger partial charge >= 0.3 is 0 Å². The summed E-state index contributed by atoms with van der Waals surface area (Å²) in [5.74, 6) is 0.186. The van der Waals surface area contributed by atoms with Crippen LogP contribution in [-0.2, 0) is 0 Å². The second-order valence-electron chi connectivity index (χ2n) is 29.4. The topological polar surface area (TPSA) is 16.2 Å². The molecule has 0 radical (unpaired) electrons.